The van der Waals surface area contributed by atoms with Crippen LogP contribution in [0.4, 0.5) is 14.5 Å². The topological polar surface area (TPSA) is 127 Å². The smallest absolute Gasteiger partial charge is 0.303 e. The molecule has 10 heteroatoms. The van der Waals surface area contributed by atoms with Crippen LogP contribution >= 0.6 is 0 Å². The summed E-state index contributed by atoms with van der Waals surface area (Å²) in [5, 5.41) is 8.40. The lowest BCUT2D eigenvalue weighted by Gasteiger charge is -2.10. The van der Waals surface area contributed by atoms with Crippen LogP contribution in [0.25, 0.3) is 0 Å². The fourth-order valence-corrected chi connectivity index (χ4v) is 2.57. The lowest BCUT2D eigenvalue weighted by molar-refractivity contribution is -0.137. The molecule has 1 aromatic carbocycles. The molecular weight excluding hydrogens is 310 g/mol. The zero-order valence-electron chi connectivity index (χ0n) is 10.6. The second-order valence-electron chi connectivity index (χ2n) is 4.09. The number of carboxylic acids is 1. The van der Waals surface area contributed by atoms with Crippen LogP contribution in [0.15, 0.2) is 12.1 Å². The predicted octanol–water partition coefficient (Wildman–Crippen LogP) is 0.670. The first-order valence-corrected chi connectivity index (χ1v) is 7.29. The third-order valence-corrected chi connectivity index (χ3v) is 3.75. The molecule has 0 saturated heterocycles. The largest absolute Gasteiger partial charge is 0.481 e. The molecule has 0 aliphatic heterocycles. The van der Waals surface area contributed by atoms with E-state index in [1.165, 1.54) is 0 Å². The fourth-order valence-electron chi connectivity index (χ4n) is 1.45. The summed E-state index contributed by atoms with van der Waals surface area (Å²) >= 11 is 0. The number of carbonyl (C=O) groups excluding carboxylic acids is 1. The van der Waals surface area contributed by atoms with Gasteiger partial charge in [-0.1, -0.05) is 0 Å². The number of amides is 1. The minimum atomic E-state index is -4.04. The molecule has 0 saturated carbocycles. The molecule has 1 amide bonds. The second-order valence-corrected chi connectivity index (χ2v) is 5.94. The quantitative estimate of drug-likeness (QED) is 0.680. The fraction of sp³-hybridized carbons (Fsp3) is 0.273. The first-order chi connectivity index (χ1) is 9.62. The SMILES string of the molecule is NC(=O)c1cc(NS(=O)(=O)CCCC(=O)O)c(F)cc1F. The molecular formula is C11H12F2N2O5S. The second kappa shape index (κ2) is 6.48. The van der Waals surface area contributed by atoms with Gasteiger partial charge in [0.2, 0.25) is 10.0 Å². The van der Waals surface area contributed by atoms with E-state index in [2.05, 4.69) is 0 Å². The van der Waals surface area contributed by atoms with Gasteiger partial charge in [-0.3, -0.25) is 14.3 Å². The van der Waals surface area contributed by atoms with Gasteiger partial charge in [-0.2, -0.15) is 0 Å². The average Bonchev–Trinajstić information content (AvgIpc) is 2.31. The third kappa shape index (κ3) is 4.99. The number of rotatable bonds is 7. The monoisotopic (exact) mass is 322 g/mol. The molecule has 0 radical (unpaired) electrons. The molecule has 0 unspecified atom stereocenters. The molecule has 0 atom stereocenters. The van der Waals surface area contributed by atoms with Gasteiger partial charge in [0.1, 0.15) is 11.6 Å². The molecule has 0 spiro atoms. The molecule has 4 N–H and O–H groups in total. The highest BCUT2D eigenvalue weighted by atomic mass is 32.2. The molecule has 116 valence electrons. The van der Waals surface area contributed by atoms with Gasteiger partial charge in [-0.25, -0.2) is 17.2 Å². The van der Waals surface area contributed by atoms with Crippen molar-refractivity contribution >= 4 is 27.6 Å². The number of hydrogen-bond acceptors (Lipinski definition) is 4. The number of nitrogens with one attached hydrogen (secondary N) is 1. The summed E-state index contributed by atoms with van der Waals surface area (Å²) < 4.78 is 51.7. The molecule has 1 aromatic rings. The summed E-state index contributed by atoms with van der Waals surface area (Å²) in [6.07, 6.45) is -0.560. The highest BCUT2D eigenvalue weighted by molar-refractivity contribution is 7.92. The number of carboxylic acid groups (broad SMARTS) is 1. The molecule has 21 heavy (non-hydrogen) atoms. The summed E-state index contributed by atoms with van der Waals surface area (Å²) in [7, 11) is -4.04. The first kappa shape index (κ1) is 16.8. The van der Waals surface area contributed by atoms with Crippen molar-refractivity contribution in [2.75, 3.05) is 10.5 Å². The van der Waals surface area contributed by atoms with Crippen LogP contribution in [0.2, 0.25) is 0 Å². The number of nitrogens with two attached hydrogens (primary N) is 1. The van der Waals surface area contributed by atoms with E-state index in [1.807, 2.05) is 4.72 Å². The van der Waals surface area contributed by atoms with E-state index in [1.54, 1.807) is 0 Å². The zero-order valence-corrected chi connectivity index (χ0v) is 11.4. The number of hydrogen-bond donors (Lipinski definition) is 3. The van der Waals surface area contributed by atoms with Crippen LogP contribution in [-0.4, -0.2) is 31.2 Å². The Kier molecular flexibility index (Phi) is 5.19. The van der Waals surface area contributed by atoms with E-state index < -0.39 is 50.5 Å². The summed E-state index contributed by atoms with van der Waals surface area (Å²) in [4.78, 5) is 21.2. The Morgan fingerprint density at radius 3 is 2.38 bits per heavy atom. The Hall–Kier alpha value is -2.23. The van der Waals surface area contributed by atoms with Crippen molar-refractivity contribution < 1.29 is 31.9 Å². The van der Waals surface area contributed by atoms with Crippen molar-refractivity contribution in [1.82, 2.24) is 0 Å². The molecule has 0 aromatic heterocycles. The molecule has 1 rings (SSSR count). The van der Waals surface area contributed by atoms with Crippen molar-refractivity contribution in [3.8, 4) is 0 Å². The molecule has 0 bridgehead atoms. The Balaban J connectivity index is 2.94. The number of aliphatic carboxylic acids is 1. The highest BCUT2D eigenvalue weighted by Crippen LogP contribution is 2.20. The van der Waals surface area contributed by atoms with Crippen LogP contribution in [0, 0.1) is 11.6 Å². The Morgan fingerprint density at radius 1 is 1.24 bits per heavy atom. The maximum absolute atomic E-state index is 13.5. The van der Waals surface area contributed by atoms with Gasteiger partial charge in [0.05, 0.1) is 17.0 Å². The number of primary amides is 1. The molecule has 0 heterocycles. The minimum absolute atomic E-state index is 0.184. The lowest BCUT2D eigenvalue weighted by atomic mass is 10.2. The van der Waals surface area contributed by atoms with Crippen molar-refractivity contribution in [3.63, 3.8) is 0 Å². The highest BCUT2D eigenvalue weighted by Gasteiger charge is 2.18. The van der Waals surface area contributed by atoms with Crippen LogP contribution in [0.3, 0.4) is 0 Å². The van der Waals surface area contributed by atoms with Gasteiger partial charge in [-0.15, -0.1) is 0 Å². The van der Waals surface area contributed by atoms with E-state index in [9.17, 15) is 26.8 Å². The zero-order chi connectivity index (χ0) is 16.2. The van der Waals surface area contributed by atoms with Gasteiger partial charge in [0.25, 0.3) is 5.91 Å². The van der Waals surface area contributed by atoms with Crippen molar-refractivity contribution in [2.24, 2.45) is 5.73 Å². The van der Waals surface area contributed by atoms with Crippen molar-refractivity contribution in [1.29, 1.82) is 0 Å². The van der Waals surface area contributed by atoms with Crippen LogP contribution < -0.4 is 10.5 Å². The van der Waals surface area contributed by atoms with Crippen LogP contribution in [0.5, 0.6) is 0 Å². The van der Waals surface area contributed by atoms with Gasteiger partial charge >= 0.3 is 5.97 Å². The predicted molar refractivity (Wildman–Crippen MR) is 69.2 cm³/mol. The Labute approximate surface area is 118 Å². The molecule has 0 aliphatic carbocycles. The van der Waals surface area contributed by atoms with Crippen LogP contribution in [-0.2, 0) is 14.8 Å². The molecule has 0 aliphatic rings. The van der Waals surface area contributed by atoms with Gasteiger partial charge in [0.15, 0.2) is 0 Å². The third-order valence-electron chi connectivity index (χ3n) is 2.39. The van der Waals surface area contributed by atoms with Gasteiger partial charge < -0.3 is 10.8 Å². The number of anilines is 1. The van der Waals surface area contributed by atoms with E-state index in [0.717, 1.165) is 0 Å². The van der Waals surface area contributed by atoms with E-state index in [4.69, 9.17) is 10.8 Å². The molecule has 7 nitrogen and oxygen atoms in total. The van der Waals surface area contributed by atoms with E-state index in [0.29, 0.717) is 12.1 Å². The standard InChI is InChI=1S/C11H12F2N2O5S/c12-7-5-8(13)9(4-6(7)11(14)18)15-21(19,20)3-1-2-10(16)17/h4-5,15H,1-3H2,(H2,14,18)(H,16,17). The summed E-state index contributed by atoms with van der Waals surface area (Å²) in [6, 6.07) is 0.969. The van der Waals surface area contributed by atoms with Crippen LogP contribution in [0.1, 0.15) is 23.2 Å². The number of carbonyl (C=O) groups is 2. The summed E-state index contributed by atoms with van der Waals surface area (Å²) in [5.74, 6) is -5.36. The van der Waals surface area contributed by atoms with Crippen molar-refractivity contribution in [3.05, 3.63) is 29.3 Å². The van der Waals surface area contributed by atoms with E-state index in [-0.39, 0.29) is 12.8 Å². The summed E-state index contributed by atoms with van der Waals surface area (Å²) in [5.41, 5.74) is 3.56. The van der Waals surface area contributed by atoms with Crippen molar-refractivity contribution in [2.45, 2.75) is 12.8 Å². The van der Waals surface area contributed by atoms with Gasteiger partial charge in [-0.05, 0) is 12.5 Å². The molecule has 0 fully saturated rings. The maximum Gasteiger partial charge on any atom is 0.303 e. The van der Waals surface area contributed by atoms with E-state index >= 15 is 0 Å². The average molecular weight is 322 g/mol. The normalized spacial score (nSPS) is 11.1. The Morgan fingerprint density at radius 2 is 1.86 bits per heavy atom. The number of halogens is 2. The minimum Gasteiger partial charge on any atom is -0.481 e. The number of benzene rings is 1. The summed E-state index contributed by atoms with van der Waals surface area (Å²) in [6.45, 7) is 0. The van der Waals surface area contributed by atoms with Gasteiger partial charge in [0, 0.05) is 12.5 Å². The Bertz CT molecular complexity index is 675. The first-order valence-electron chi connectivity index (χ1n) is 5.63. The lowest BCUT2D eigenvalue weighted by Crippen LogP contribution is -2.20. The number of sulfonamides is 1. The maximum atomic E-state index is 13.5.